The summed E-state index contributed by atoms with van der Waals surface area (Å²) in [5.41, 5.74) is 6.56. The molecule has 0 fully saturated rings. The molecule has 0 spiro atoms. The van der Waals surface area contributed by atoms with Crippen LogP contribution in [0.3, 0.4) is 0 Å². The van der Waals surface area contributed by atoms with Crippen molar-refractivity contribution >= 4 is 5.91 Å². The summed E-state index contributed by atoms with van der Waals surface area (Å²) < 4.78 is 0. The van der Waals surface area contributed by atoms with Crippen molar-refractivity contribution in [2.24, 2.45) is 5.73 Å². The second-order valence-electron chi connectivity index (χ2n) is 2.30. The molecule has 15 heavy (non-hydrogen) atoms. The van der Waals surface area contributed by atoms with Gasteiger partial charge in [-0.2, -0.15) is 0 Å². The molecule has 0 bridgehead atoms. The van der Waals surface area contributed by atoms with Crippen molar-refractivity contribution in [3.8, 4) is 0 Å². The number of hydrogen-bond donors (Lipinski definition) is 1. The van der Waals surface area contributed by atoms with Gasteiger partial charge in [0.15, 0.2) is 0 Å². The fourth-order valence-electron chi connectivity index (χ4n) is 0.816. The normalized spacial score (nSPS) is 7.80. The van der Waals surface area contributed by atoms with Crippen molar-refractivity contribution in [2.45, 2.75) is 41.0 Å². The number of nitrogens with zero attached hydrogens (tertiary/aromatic N) is 1. The molecule has 1 aromatic rings. The molecule has 0 aliphatic carbocycles. The molecular formula is C12H22N2O. The minimum Gasteiger partial charge on any atom is -0.366 e. The van der Waals surface area contributed by atoms with E-state index in [0.717, 1.165) is 12.0 Å². The summed E-state index contributed by atoms with van der Waals surface area (Å²) in [6.07, 6.45) is 4.07. The summed E-state index contributed by atoms with van der Waals surface area (Å²) in [6.45, 7) is 10.0. The maximum atomic E-state index is 10.7. The molecule has 1 heterocycles. The van der Waals surface area contributed by atoms with Gasteiger partial charge in [-0.3, -0.25) is 9.78 Å². The first-order valence-electron chi connectivity index (χ1n) is 5.47. The second-order valence-corrected chi connectivity index (χ2v) is 2.30. The van der Waals surface area contributed by atoms with Crippen LogP contribution in [0.15, 0.2) is 18.5 Å². The van der Waals surface area contributed by atoms with Crippen LogP contribution in [-0.2, 0) is 6.42 Å². The first-order valence-corrected chi connectivity index (χ1v) is 5.47. The van der Waals surface area contributed by atoms with Crippen molar-refractivity contribution in [1.82, 2.24) is 4.98 Å². The smallest absolute Gasteiger partial charge is 0.250 e. The third-order valence-corrected chi connectivity index (χ3v) is 1.49. The number of pyridine rings is 1. The Morgan fingerprint density at radius 1 is 1.27 bits per heavy atom. The van der Waals surface area contributed by atoms with Crippen LogP contribution < -0.4 is 5.73 Å². The fraction of sp³-hybridized carbons (Fsp3) is 0.500. The molecule has 0 unspecified atom stereocenters. The van der Waals surface area contributed by atoms with E-state index in [1.807, 2.05) is 34.6 Å². The minimum absolute atomic E-state index is 0.423. The number of carbonyl (C=O) groups is 1. The van der Waals surface area contributed by atoms with E-state index in [0.29, 0.717) is 5.56 Å². The van der Waals surface area contributed by atoms with E-state index in [1.165, 1.54) is 6.20 Å². The van der Waals surface area contributed by atoms with Crippen LogP contribution in [0.4, 0.5) is 0 Å². The van der Waals surface area contributed by atoms with E-state index in [9.17, 15) is 4.79 Å². The van der Waals surface area contributed by atoms with E-state index < -0.39 is 5.91 Å². The van der Waals surface area contributed by atoms with Crippen molar-refractivity contribution in [2.75, 3.05) is 0 Å². The molecule has 0 radical (unpaired) electrons. The van der Waals surface area contributed by atoms with Gasteiger partial charge in [0.05, 0.1) is 5.56 Å². The van der Waals surface area contributed by atoms with Crippen LogP contribution in [0.25, 0.3) is 0 Å². The number of aromatic nitrogens is 1. The van der Waals surface area contributed by atoms with Gasteiger partial charge in [0.1, 0.15) is 0 Å². The Kier molecular flexibility index (Phi) is 11.5. The van der Waals surface area contributed by atoms with E-state index in [4.69, 9.17) is 5.73 Å². The van der Waals surface area contributed by atoms with Gasteiger partial charge in [-0.05, 0) is 18.1 Å². The second kappa shape index (κ2) is 10.7. The van der Waals surface area contributed by atoms with E-state index in [2.05, 4.69) is 4.98 Å². The fourth-order valence-corrected chi connectivity index (χ4v) is 0.816. The highest BCUT2D eigenvalue weighted by molar-refractivity contribution is 5.92. The molecule has 3 heteroatoms. The van der Waals surface area contributed by atoms with Gasteiger partial charge in [-0.25, -0.2) is 0 Å². The Hall–Kier alpha value is -1.38. The van der Waals surface area contributed by atoms with Gasteiger partial charge in [0.25, 0.3) is 0 Å². The van der Waals surface area contributed by atoms with E-state index >= 15 is 0 Å². The molecule has 0 atom stereocenters. The molecule has 0 saturated carbocycles. The first kappa shape index (κ1) is 16.1. The molecule has 0 aromatic carbocycles. The van der Waals surface area contributed by atoms with Crippen LogP contribution in [0.1, 0.15) is 50.5 Å². The standard InChI is InChI=1S/C8H10N2O.2C2H6/c1-2-6-3-7(8(9)11)5-10-4-6;2*1-2/h3-5H,2H2,1H3,(H2,9,11);2*1-2H3. The molecule has 1 rings (SSSR count). The van der Waals surface area contributed by atoms with Gasteiger partial charge in [-0.15, -0.1) is 0 Å². The SMILES string of the molecule is CC.CC.CCc1cncc(C(N)=O)c1. The predicted molar refractivity (Wildman–Crippen MR) is 64.8 cm³/mol. The van der Waals surface area contributed by atoms with Crippen molar-refractivity contribution in [3.63, 3.8) is 0 Å². The third kappa shape index (κ3) is 6.66. The van der Waals surface area contributed by atoms with Crippen LogP contribution >= 0.6 is 0 Å². The zero-order valence-electron chi connectivity index (χ0n) is 10.4. The number of nitrogens with two attached hydrogens (primary N) is 1. The van der Waals surface area contributed by atoms with Crippen LogP contribution in [0.5, 0.6) is 0 Å². The van der Waals surface area contributed by atoms with Crippen LogP contribution in [0, 0.1) is 0 Å². The van der Waals surface area contributed by atoms with E-state index in [-0.39, 0.29) is 0 Å². The lowest BCUT2D eigenvalue weighted by atomic mass is 10.1. The lowest BCUT2D eigenvalue weighted by Gasteiger charge is -1.97. The largest absolute Gasteiger partial charge is 0.366 e. The topological polar surface area (TPSA) is 56.0 Å². The van der Waals surface area contributed by atoms with Gasteiger partial charge in [-0.1, -0.05) is 34.6 Å². The number of primary amides is 1. The highest BCUT2D eigenvalue weighted by Gasteiger charge is 1.99. The summed E-state index contributed by atoms with van der Waals surface area (Å²) in [5, 5.41) is 0. The summed E-state index contributed by atoms with van der Waals surface area (Å²) in [7, 11) is 0. The molecular weight excluding hydrogens is 188 g/mol. The quantitative estimate of drug-likeness (QED) is 0.816. The third-order valence-electron chi connectivity index (χ3n) is 1.49. The van der Waals surface area contributed by atoms with Gasteiger partial charge in [0.2, 0.25) is 5.91 Å². The van der Waals surface area contributed by atoms with Gasteiger partial charge >= 0.3 is 0 Å². The average molecular weight is 210 g/mol. The predicted octanol–water partition coefficient (Wildman–Crippen LogP) is 2.80. The Morgan fingerprint density at radius 2 is 1.80 bits per heavy atom. The van der Waals surface area contributed by atoms with Crippen molar-refractivity contribution in [3.05, 3.63) is 29.6 Å². The molecule has 3 nitrogen and oxygen atoms in total. The molecule has 0 aliphatic heterocycles. The number of amides is 1. The lowest BCUT2D eigenvalue weighted by Crippen LogP contribution is -2.11. The van der Waals surface area contributed by atoms with Gasteiger partial charge < -0.3 is 5.73 Å². The Balaban J connectivity index is 0. The minimum atomic E-state index is -0.423. The molecule has 86 valence electrons. The molecule has 0 saturated heterocycles. The van der Waals surface area contributed by atoms with Gasteiger partial charge in [0, 0.05) is 12.4 Å². The van der Waals surface area contributed by atoms with Crippen molar-refractivity contribution in [1.29, 1.82) is 0 Å². The summed E-state index contributed by atoms with van der Waals surface area (Å²) >= 11 is 0. The number of aryl methyl sites for hydroxylation is 1. The average Bonchev–Trinajstić information content (AvgIpc) is 2.34. The first-order chi connectivity index (χ1) is 7.24. The Labute approximate surface area is 92.7 Å². The number of hydrogen-bond acceptors (Lipinski definition) is 2. The highest BCUT2D eigenvalue weighted by atomic mass is 16.1. The summed E-state index contributed by atoms with van der Waals surface area (Å²) in [4.78, 5) is 14.5. The highest BCUT2D eigenvalue weighted by Crippen LogP contribution is 2.01. The van der Waals surface area contributed by atoms with Crippen LogP contribution in [-0.4, -0.2) is 10.9 Å². The molecule has 2 N–H and O–H groups in total. The molecule has 0 aliphatic rings. The monoisotopic (exact) mass is 210 g/mol. The summed E-state index contributed by atoms with van der Waals surface area (Å²) in [6, 6.07) is 1.76. The summed E-state index contributed by atoms with van der Waals surface area (Å²) in [5.74, 6) is -0.423. The maximum absolute atomic E-state index is 10.7. The zero-order valence-corrected chi connectivity index (χ0v) is 10.4. The Morgan fingerprint density at radius 3 is 2.20 bits per heavy atom. The van der Waals surface area contributed by atoms with Crippen molar-refractivity contribution < 1.29 is 4.79 Å². The maximum Gasteiger partial charge on any atom is 0.250 e. The Bertz CT molecular complexity index is 272. The number of rotatable bonds is 2. The van der Waals surface area contributed by atoms with Crippen LogP contribution in [0.2, 0.25) is 0 Å². The molecule has 1 amide bonds. The molecule has 1 aromatic heterocycles. The lowest BCUT2D eigenvalue weighted by molar-refractivity contribution is 0.1000. The van der Waals surface area contributed by atoms with E-state index in [1.54, 1.807) is 12.3 Å². The number of carbonyl (C=O) groups excluding carboxylic acids is 1. The zero-order chi connectivity index (χ0) is 12.3.